The van der Waals surface area contributed by atoms with Crippen LogP contribution in [0, 0.1) is 0 Å². The second-order valence-corrected chi connectivity index (χ2v) is 3.40. The zero-order valence-corrected chi connectivity index (χ0v) is 7.15. The summed E-state index contributed by atoms with van der Waals surface area (Å²) in [4.78, 5) is 0. The Kier molecular flexibility index (Phi) is 2.31. The Morgan fingerprint density at radius 1 is 1.33 bits per heavy atom. The summed E-state index contributed by atoms with van der Waals surface area (Å²) >= 11 is 1.96. The first-order chi connectivity index (χ1) is 4.13. The summed E-state index contributed by atoms with van der Waals surface area (Å²) in [5, 5.41) is 18.1. The van der Waals surface area contributed by atoms with Crippen molar-refractivity contribution in [3.8, 4) is 0 Å². The van der Waals surface area contributed by atoms with Crippen LogP contribution in [0.4, 0.5) is 0 Å². The van der Waals surface area contributed by atoms with E-state index < -0.39 is 12.2 Å². The fourth-order valence-corrected chi connectivity index (χ4v) is 1.69. The molecule has 4 heteroatoms. The summed E-state index contributed by atoms with van der Waals surface area (Å²) in [5.74, 6) is 0. The van der Waals surface area contributed by atoms with Gasteiger partial charge < -0.3 is 14.9 Å². The van der Waals surface area contributed by atoms with Crippen molar-refractivity contribution in [1.29, 1.82) is 0 Å². The average Bonchev–Trinajstić information content (AvgIpc) is 1.98. The first-order valence-electron chi connectivity index (χ1n) is 2.78. The van der Waals surface area contributed by atoms with E-state index in [2.05, 4.69) is 0 Å². The number of aliphatic hydroxyl groups excluding tert-OH is 2. The Labute approximate surface area is 67.2 Å². The molecule has 9 heavy (non-hydrogen) atoms. The molecule has 3 nitrogen and oxygen atoms in total. The lowest BCUT2D eigenvalue weighted by Gasteiger charge is -2.07. The normalized spacial score (nSPS) is 52.0. The maximum Gasteiger partial charge on any atom is 0.137 e. The molecule has 0 aromatic heterocycles. The minimum Gasteiger partial charge on any atom is -0.388 e. The van der Waals surface area contributed by atoms with Crippen LogP contribution in [0.15, 0.2) is 0 Å². The topological polar surface area (TPSA) is 49.7 Å². The summed E-state index contributed by atoms with van der Waals surface area (Å²) in [7, 11) is 0. The van der Waals surface area contributed by atoms with E-state index in [4.69, 9.17) is 14.9 Å². The highest BCUT2D eigenvalue weighted by molar-refractivity contribution is 14.1. The van der Waals surface area contributed by atoms with Crippen LogP contribution in [0.2, 0.25) is 0 Å². The van der Waals surface area contributed by atoms with E-state index in [-0.39, 0.29) is 10.2 Å². The van der Waals surface area contributed by atoms with Crippen molar-refractivity contribution < 1.29 is 14.9 Å². The largest absolute Gasteiger partial charge is 0.388 e. The van der Waals surface area contributed by atoms with E-state index in [1.165, 1.54) is 0 Å². The summed E-state index contributed by atoms with van der Waals surface area (Å²) in [6.07, 6.45) is -1.67. The monoisotopic (exact) mass is 244 g/mol. The molecule has 1 saturated heterocycles. The van der Waals surface area contributed by atoms with Gasteiger partial charge in [-0.3, -0.25) is 0 Å². The SMILES string of the molecule is C[C@H]1O[C@@H](I)C(O)[C@@H]1O. The van der Waals surface area contributed by atoms with Crippen LogP contribution in [0.3, 0.4) is 0 Å². The number of hydrogen-bond acceptors (Lipinski definition) is 3. The van der Waals surface area contributed by atoms with Gasteiger partial charge >= 0.3 is 0 Å². The minimum absolute atomic E-state index is 0.234. The second-order valence-electron chi connectivity index (χ2n) is 2.17. The molecule has 0 saturated carbocycles. The van der Waals surface area contributed by atoms with Gasteiger partial charge in [0.05, 0.1) is 6.10 Å². The van der Waals surface area contributed by atoms with Crippen molar-refractivity contribution in [2.75, 3.05) is 0 Å². The Morgan fingerprint density at radius 2 is 1.89 bits per heavy atom. The minimum atomic E-state index is -0.722. The molecule has 1 aliphatic heterocycles. The first-order valence-corrected chi connectivity index (χ1v) is 4.03. The first kappa shape index (κ1) is 7.71. The van der Waals surface area contributed by atoms with Gasteiger partial charge in [0.25, 0.3) is 0 Å². The molecule has 0 aromatic rings. The highest BCUT2D eigenvalue weighted by atomic mass is 127. The molecule has 1 unspecified atom stereocenters. The summed E-state index contributed by atoms with van der Waals surface area (Å²) in [6.45, 7) is 1.74. The molecular weight excluding hydrogens is 235 g/mol. The molecule has 2 N–H and O–H groups in total. The van der Waals surface area contributed by atoms with Gasteiger partial charge in [-0.25, -0.2) is 0 Å². The summed E-state index contributed by atoms with van der Waals surface area (Å²) in [5.41, 5.74) is 0. The van der Waals surface area contributed by atoms with Crippen molar-refractivity contribution in [2.24, 2.45) is 0 Å². The van der Waals surface area contributed by atoms with Gasteiger partial charge in [-0.1, -0.05) is 0 Å². The standard InChI is InChI=1S/C5H9IO3/c1-2-3(7)4(8)5(6)9-2/h2-5,7-8H,1H3/t2-,3-,4?,5-/m1/s1. The molecule has 1 aliphatic rings. The third kappa shape index (κ3) is 1.36. The lowest BCUT2D eigenvalue weighted by molar-refractivity contribution is 0.0318. The lowest BCUT2D eigenvalue weighted by Crippen LogP contribution is -2.29. The quantitative estimate of drug-likeness (QED) is 0.461. The van der Waals surface area contributed by atoms with Crippen molar-refractivity contribution >= 4 is 22.6 Å². The Balaban J connectivity index is 2.54. The van der Waals surface area contributed by atoms with Crippen LogP contribution in [0.5, 0.6) is 0 Å². The van der Waals surface area contributed by atoms with Crippen molar-refractivity contribution in [3.05, 3.63) is 0 Å². The predicted molar refractivity (Wildman–Crippen MR) is 40.4 cm³/mol. The molecule has 1 fully saturated rings. The van der Waals surface area contributed by atoms with Gasteiger partial charge in [0.2, 0.25) is 0 Å². The van der Waals surface area contributed by atoms with Crippen LogP contribution in [0.1, 0.15) is 6.92 Å². The molecule has 1 rings (SSSR count). The highest BCUT2D eigenvalue weighted by Gasteiger charge is 2.38. The van der Waals surface area contributed by atoms with Gasteiger partial charge in [0, 0.05) is 0 Å². The van der Waals surface area contributed by atoms with E-state index in [0.29, 0.717) is 0 Å². The van der Waals surface area contributed by atoms with E-state index in [9.17, 15) is 0 Å². The maximum atomic E-state index is 9.06. The zero-order valence-electron chi connectivity index (χ0n) is 4.99. The molecule has 0 bridgehead atoms. The van der Waals surface area contributed by atoms with Crippen LogP contribution >= 0.6 is 22.6 Å². The lowest BCUT2D eigenvalue weighted by atomic mass is 10.2. The molecule has 0 amide bonds. The van der Waals surface area contributed by atoms with Crippen LogP contribution in [-0.4, -0.2) is 32.6 Å². The Morgan fingerprint density at radius 3 is 2.00 bits per heavy atom. The van der Waals surface area contributed by atoms with Gasteiger partial charge in [0.15, 0.2) is 0 Å². The van der Waals surface area contributed by atoms with Crippen LogP contribution < -0.4 is 0 Å². The maximum absolute atomic E-state index is 9.06. The van der Waals surface area contributed by atoms with E-state index in [1.54, 1.807) is 6.92 Å². The zero-order chi connectivity index (χ0) is 7.02. The second kappa shape index (κ2) is 2.69. The predicted octanol–water partition coefficient (Wildman–Crippen LogP) is -0.112. The molecule has 0 aliphatic carbocycles. The van der Waals surface area contributed by atoms with Crippen molar-refractivity contribution in [3.63, 3.8) is 0 Å². The van der Waals surface area contributed by atoms with E-state index in [0.717, 1.165) is 0 Å². The Bertz CT molecular complexity index is 96.4. The number of hydrogen-bond donors (Lipinski definition) is 2. The molecule has 0 aromatic carbocycles. The average molecular weight is 244 g/mol. The number of rotatable bonds is 0. The summed E-state index contributed by atoms with van der Waals surface area (Å²) in [6, 6.07) is 0. The Hall–Kier alpha value is 0.610. The third-order valence-corrected chi connectivity index (χ3v) is 2.47. The number of alkyl halides is 1. The van der Waals surface area contributed by atoms with Crippen molar-refractivity contribution in [2.45, 2.75) is 29.3 Å². The highest BCUT2D eigenvalue weighted by Crippen LogP contribution is 2.24. The molecular formula is C5H9IO3. The van der Waals surface area contributed by atoms with Crippen LogP contribution in [0.25, 0.3) is 0 Å². The molecule has 4 atom stereocenters. The fraction of sp³-hybridized carbons (Fsp3) is 1.00. The molecule has 54 valence electrons. The van der Waals surface area contributed by atoms with Gasteiger partial charge in [-0.2, -0.15) is 0 Å². The molecule has 1 heterocycles. The van der Waals surface area contributed by atoms with Gasteiger partial charge in [-0.05, 0) is 29.5 Å². The van der Waals surface area contributed by atoms with E-state index in [1.807, 2.05) is 22.6 Å². The van der Waals surface area contributed by atoms with Gasteiger partial charge in [0.1, 0.15) is 16.3 Å². The van der Waals surface area contributed by atoms with Crippen molar-refractivity contribution in [1.82, 2.24) is 0 Å². The van der Waals surface area contributed by atoms with Gasteiger partial charge in [-0.15, -0.1) is 0 Å². The smallest absolute Gasteiger partial charge is 0.137 e. The number of ether oxygens (including phenoxy) is 1. The molecule has 0 radical (unpaired) electrons. The third-order valence-electron chi connectivity index (χ3n) is 1.44. The van der Waals surface area contributed by atoms with E-state index >= 15 is 0 Å². The number of halogens is 1. The fourth-order valence-electron chi connectivity index (χ4n) is 0.799. The van der Waals surface area contributed by atoms with Crippen LogP contribution in [-0.2, 0) is 4.74 Å². The summed E-state index contributed by atoms with van der Waals surface area (Å²) < 4.78 is 4.82. The molecule has 0 spiro atoms. The number of aliphatic hydroxyl groups is 2.